The number of carbonyl (C=O) groups is 1. The highest BCUT2D eigenvalue weighted by Crippen LogP contribution is 2.26. The number of piperidine rings is 1. The number of carbonyl (C=O) groups excluding carboxylic acids is 1. The molecule has 0 saturated carbocycles. The van der Waals surface area contributed by atoms with Crippen LogP contribution in [0.15, 0.2) is 0 Å². The van der Waals surface area contributed by atoms with Gasteiger partial charge in [0.25, 0.3) is 0 Å². The van der Waals surface area contributed by atoms with Crippen LogP contribution in [-0.4, -0.2) is 53.3 Å². The molecular formula is C13H21N5OS. The Bertz CT molecular complexity index is 477. The molecule has 2 amide bonds. The maximum Gasteiger partial charge on any atom is 0.317 e. The number of nitrogens with zero attached hydrogens (tertiary/aromatic N) is 4. The zero-order valence-electron chi connectivity index (χ0n) is 11.8. The minimum Gasteiger partial charge on any atom is -0.345 e. The third-order valence-electron chi connectivity index (χ3n) is 3.92. The number of aryl methyl sites for hydroxylation is 1. The van der Waals surface area contributed by atoms with Crippen molar-refractivity contribution in [3.05, 3.63) is 5.01 Å². The van der Waals surface area contributed by atoms with E-state index in [1.807, 2.05) is 4.90 Å². The third-order valence-corrected chi connectivity index (χ3v) is 4.96. The Hall–Kier alpha value is -1.37. The molecule has 1 atom stereocenters. The number of aromatic nitrogens is 2. The van der Waals surface area contributed by atoms with Gasteiger partial charge in [-0.3, -0.25) is 0 Å². The van der Waals surface area contributed by atoms with Crippen molar-refractivity contribution in [3.8, 4) is 0 Å². The Balaban J connectivity index is 1.66. The Kier molecular flexibility index (Phi) is 4.05. The SMILES string of the molecule is CCCc1nnc(N2CCC[C@H](N3CCNC3=O)C2)s1. The molecule has 0 aromatic carbocycles. The van der Waals surface area contributed by atoms with Gasteiger partial charge in [0.1, 0.15) is 5.01 Å². The number of anilines is 1. The quantitative estimate of drug-likeness (QED) is 0.914. The van der Waals surface area contributed by atoms with Crippen molar-refractivity contribution in [1.29, 1.82) is 0 Å². The molecule has 2 aliphatic rings. The van der Waals surface area contributed by atoms with Crippen LogP contribution >= 0.6 is 11.3 Å². The molecule has 20 heavy (non-hydrogen) atoms. The van der Waals surface area contributed by atoms with E-state index in [9.17, 15) is 4.79 Å². The predicted molar refractivity (Wildman–Crippen MR) is 79.2 cm³/mol. The monoisotopic (exact) mass is 295 g/mol. The average Bonchev–Trinajstić information content (AvgIpc) is 3.08. The van der Waals surface area contributed by atoms with Gasteiger partial charge in [-0.15, -0.1) is 10.2 Å². The molecule has 2 saturated heterocycles. The van der Waals surface area contributed by atoms with Crippen LogP contribution in [0.1, 0.15) is 31.2 Å². The number of hydrogen-bond donors (Lipinski definition) is 1. The maximum absolute atomic E-state index is 11.8. The van der Waals surface area contributed by atoms with Gasteiger partial charge >= 0.3 is 6.03 Å². The summed E-state index contributed by atoms with van der Waals surface area (Å²) in [6.45, 7) is 5.66. The molecule has 2 fully saturated rings. The fourth-order valence-corrected chi connectivity index (χ4v) is 3.88. The lowest BCUT2D eigenvalue weighted by Gasteiger charge is -2.36. The number of hydrogen-bond acceptors (Lipinski definition) is 5. The number of urea groups is 1. The van der Waals surface area contributed by atoms with Crippen LogP contribution < -0.4 is 10.2 Å². The molecule has 0 bridgehead atoms. The van der Waals surface area contributed by atoms with Gasteiger partial charge in [-0.25, -0.2) is 4.79 Å². The number of amides is 2. The van der Waals surface area contributed by atoms with Gasteiger partial charge < -0.3 is 15.1 Å². The molecule has 0 spiro atoms. The van der Waals surface area contributed by atoms with E-state index in [1.54, 1.807) is 11.3 Å². The van der Waals surface area contributed by atoms with Crippen molar-refractivity contribution in [1.82, 2.24) is 20.4 Å². The number of nitrogens with one attached hydrogen (secondary N) is 1. The van der Waals surface area contributed by atoms with Crippen LogP contribution in [-0.2, 0) is 6.42 Å². The Morgan fingerprint density at radius 3 is 3.05 bits per heavy atom. The molecule has 3 heterocycles. The van der Waals surface area contributed by atoms with Crippen LogP contribution in [0.2, 0.25) is 0 Å². The lowest BCUT2D eigenvalue weighted by molar-refractivity contribution is 0.189. The van der Waals surface area contributed by atoms with Crippen LogP contribution in [0.25, 0.3) is 0 Å². The molecule has 0 radical (unpaired) electrons. The zero-order chi connectivity index (χ0) is 13.9. The van der Waals surface area contributed by atoms with E-state index >= 15 is 0 Å². The molecule has 1 aromatic rings. The molecular weight excluding hydrogens is 274 g/mol. The van der Waals surface area contributed by atoms with Crippen molar-refractivity contribution >= 4 is 22.5 Å². The first-order valence-corrected chi connectivity index (χ1v) is 8.21. The van der Waals surface area contributed by atoms with Gasteiger partial charge in [-0.05, 0) is 19.3 Å². The molecule has 1 N–H and O–H groups in total. The minimum atomic E-state index is 0.0841. The van der Waals surface area contributed by atoms with E-state index < -0.39 is 0 Å². The molecule has 1 aromatic heterocycles. The van der Waals surface area contributed by atoms with Crippen LogP contribution in [0.4, 0.5) is 9.93 Å². The average molecular weight is 295 g/mol. The normalized spacial score (nSPS) is 23.2. The van der Waals surface area contributed by atoms with E-state index in [1.165, 1.54) is 0 Å². The summed E-state index contributed by atoms with van der Waals surface area (Å²) in [7, 11) is 0. The summed E-state index contributed by atoms with van der Waals surface area (Å²) in [5.74, 6) is 0. The second-order valence-corrected chi connectivity index (χ2v) is 6.44. The third kappa shape index (κ3) is 2.72. The van der Waals surface area contributed by atoms with Gasteiger partial charge in [-0.2, -0.15) is 0 Å². The molecule has 0 unspecified atom stereocenters. The van der Waals surface area contributed by atoms with E-state index in [0.29, 0.717) is 6.04 Å². The predicted octanol–water partition coefficient (Wildman–Crippen LogP) is 1.48. The van der Waals surface area contributed by atoms with Gasteiger partial charge in [0.2, 0.25) is 5.13 Å². The van der Waals surface area contributed by atoms with Crippen LogP contribution in [0, 0.1) is 0 Å². The van der Waals surface area contributed by atoms with E-state index in [-0.39, 0.29) is 6.03 Å². The summed E-state index contributed by atoms with van der Waals surface area (Å²) in [6, 6.07) is 0.394. The minimum absolute atomic E-state index is 0.0841. The van der Waals surface area contributed by atoms with Crippen molar-refractivity contribution < 1.29 is 4.79 Å². The van der Waals surface area contributed by atoms with Crippen LogP contribution in [0.5, 0.6) is 0 Å². The molecule has 110 valence electrons. The summed E-state index contributed by atoms with van der Waals surface area (Å²) in [5.41, 5.74) is 0. The maximum atomic E-state index is 11.8. The Morgan fingerprint density at radius 1 is 1.40 bits per heavy atom. The second kappa shape index (κ2) is 5.95. The summed E-state index contributed by atoms with van der Waals surface area (Å²) in [6.07, 6.45) is 4.30. The second-order valence-electron chi connectivity index (χ2n) is 5.40. The molecule has 0 aliphatic carbocycles. The largest absolute Gasteiger partial charge is 0.345 e. The lowest BCUT2D eigenvalue weighted by Crippen LogP contribution is -2.49. The van der Waals surface area contributed by atoms with Gasteiger partial charge in [0.15, 0.2) is 0 Å². The lowest BCUT2D eigenvalue weighted by atomic mass is 10.1. The standard InChI is InChI=1S/C13H21N5OS/c1-2-4-11-15-16-13(20-11)17-7-3-5-10(9-17)18-8-6-14-12(18)19/h10H,2-9H2,1H3,(H,14,19)/t10-/m0/s1. The van der Waals surface area contributed by atoms with Crippen molar-refractivity contribution in [2.24, 2.45) is 0 Å². The number of rotatable bonds is 4. The Morgan fingerprint density at radius 2 is 2.30 bits per heavy atom. The fourth-order valence-electron chi connectivity index (χ4n) is 2.91. The van der Waals surface area contributed by atoms with Gasteiger partial charge in [-0.1, -0.05) is 18.3 Å². The topological polar surface area (TPSA) is 61.4 Å². The summed E-state index contributed by atoms with van der Waals surface area (Å²) >= 11 is 1.69. The summed E-state index contributed by atoms with van der Waals surface area (Å²) in [5, 5.41) is 13.6. The fraction of sp³-hybridized carbons (Fsp3) is 0.769. The highest BCUT2D eigenvalue weighted by Gasteiger charge is 2.32. The van der Waals surface area contributed by atoms with Gasteiger partial charge in [0.05, 0.1) is 6.04 Å². The highest BCUT2D eigenvalue weighted by atomic mass is 32.1. The Labute approximate surface area is 123 Å². The summed E-state index contributed by atoms with van der Waals surface area (Å²) < 4.78 is 0. The van der Waals surface area contributed by atoms with Crippen molar-refractivity contribution in [2.45, 2.75) is 38.6 Å². The van der Waals surface area contributed by atoms with E-state index in [4.69, 9.17) is 0 Å². The first-order chi connectivity index (χ1) is 9.78. The van der Waals surface area contributed by atoms with E-state index in [0.717, 1.165) is 62.0 Å². The molecule has 6 nitrogen and oxygen atoms in total. The van der Waals surface area contributed by atoms with Crippen LogP contribution in [0.3, 0.4) is 0 Å². The first-order valence-electron chi connectivity index (χ1n) is 7.39. The zero-order valence-corrected chi connectivity index (χ0v) is 12.7. The van der Waals surface area contributed by atoms with Crippen molar-refractivity contribution in [2.75, 3.05) is 31.1 Å². The molecule has 2 aliphatic heterocycles. The highest BCUT2D eigenvalue weighted by molar-refractivity contribution is 7.15. The first kappa shape index (κ1) is 13.6. The van der Waals surface area contributed by atoms with Gasteiger partial charge in [0, 0.05) is 32.6 Å². The summed E-state index contributed by atoms with van der Waals surface area (Å²) in [4.78, 5) is 16.0. The molecule has 7 heteroatoms. The molecule has 3 rings (SSSR count). The van der Waals surface area contributed by atoms with Crippen molar-refractivity contribution in [3.63, 3.8) is 0 Å². The smallest absolute Gasteiger partial charge is 0.317 e. The van der Waals surface area contributed by atoms with E-state index in [2.05, 4.69) is 27.3 Å².